The molecule has 1 fully saturated rings. The summed E-state index contributed by atoms with van der Waals surface area (Å²) in [5.74, 6) is -1.13. The lowest BCUT2D eigenvalue weighted by atomic mass is 10.1. The fourth-order valence-corrected chi connectivity index (χ4v) is 3.75. The molecule has 0 aliphatic carbocycles. The summed E-state index contributed by atoms with van der Waals surface area (Å²) in [6.07, 6.45) is 1.49. The molecule has 0 bridgehead atoms. The highest BCUT2D eigenvalue weighted by Crippen LogP contribution is 2.35. The van der Waals surface area contributed by atoms with E-state index in [2.05, 4.69) is 21.4 Å². The normalized spacial score (nSPS) is 14.3. The number of anilines is 1. The Labute approximate surface area is 203 Å². The zero-order valence-corrected chi connectivity index (χ0v) is 19.5. The van der Waals surface area contributed by atoms with Crippen molar-refractivity contribution in [2.24, 2.45) is 0 Å². The summed E-state index contributed by atoms with van der Waals surface area (Å²) in [5.41, 5.74) is 4.64. The highest BCUT2D eigenvalue weighted by molar-refractivity contribution is 9.10. The van der Waals surface area contributed by atoms with E-state index in [0.717, 1.165) is 5.56 Å². The van der Waals surface area contributed by atoms with Crippen LogP contribution in [0, 0.1) is 0 Å². The molecule has 9 heteroatoms. The van der Waals surface area contributed by atoms with E-state index in [4.69, 9.17) is 14.6 Å². The molecule has 172 valence electrons. The van der Waals surface area contributed by atoms with Gasteiger partial charge in [-0.15, -0.1) is 0 Å². The SMILES string of the molecule is COc1cc(/C=C2/C(=O)NN(c3ccccc3)C2=O)c(Br)cc1OCc1ccc(C(=O)O)cc1. The van der Waals surface area contributed by atoms with Crippen molar-refractivity contribution >= 4 is 45.5 Å². The number of para-hydroxylation sites is 1. The predicted octanol–water partition coefficient (Wildman–Crippen LogP) is 4.20. The number of amides is 2. The quantitative estimate of drug-likeness (QED) is 0.356. The van der Waals surface area contributed by atoms with Crippen molar-refractivity contribution in [1.29, 1.82) is 0 Å². The maximum atomic E-state index is 12.8. The van der Waals surface area contributed by atoms with Gasteiger partial charge in [0.05, 0.1) is 18.4 Å². The second-order valence-corrected chi connectivity index (χ2v) is 8.14. The van der Waals surface area contributed by atoms with Crippen molar-refractivity contribution in [3.05, 3.63) is 93.5 Å². The van der Waals surface area contributed by atoms with Crippen LogP contribution >= 0.6 is 15.9 Å². The van der Waals surface area contributed by atoms with Crippen molar-refractivity contribution < 1.29 is 29.0 Å². The summed E-state index contributed by atoms with van der Waals surface area (Å²) in [6, 6.07) is 18.5. The van der Waals surface area contributed by atoms with Gasteiger partial charge >= 0.3 is 5.97 Å². The van der Waals surface area contributed by atoms with Crippen LogP contribution in [0.3, 0.4) is 0 Å². The summed E-state index contributed by atoms with van der Waals surface area (Å²) in [6.45, 7) is 0.191. The van der Waals surface area contributed by atoms with E-state index in [0.29, 0.717) is 27.2 Å². The Hall–Kier alpha value is -4.11. The number of carboxylic acid groups (broad SMARTS) is 1. The van der Waals surface area contributed by atoms with Crippen LogP contribution in [0.5, 0.6) is 11.5 Å². The van der Waals surface area contributed by atoms with E-state index in [-0.39, 0.29) is 17.7 Å². The van der Waals surface area contributed by atoms with Crippen LogP contribution in [-0.4, -0.2) is 30.0 Å². The van der Waals surface area contributed by atoms with E-state index >= 15 is 0 Å². The first-order valence-corrected chi connectivity index (χ1v) is 10.9. The molecule has 1 aliphatic heterocycles. The first-order chi connectivity index (χ1) is 16.4. The molecular weight excluding hydrogens is 504 g/mol. The van der Waals surface area contributed by atoms with Crippen molar-refractivity contribution in [2.45, 2.75) is 6.61 Å². The average molecular weight is 523 g/mol. The second kappa shape index (κ2) is 9.80. The number of carbonyl (C=O) groups is 3. The van der Waals surface area contributed by atoms with Gasteiger partial charge in [-0.2, -0.15) is 0 Å². The molecule has 0 spiro atoms. The Kier molecular flexibility index (Phi) is 6.65. The molecule has 0 radical (unpaired) electrons. The van der Waals surface area contributed by atoms with Gasteiger partial charge in [0, 0.05) is 4.47 Å². The summed E-state index contributed by atoms with van der Waals surface area (Å²) < 4.78 is 11.9. The number of halogens is 1. The number of nitrogens with zero attached hydrogens (tertiary/aromatic N) is 1. The number of methoxy groups -OCH3 is 1. The lowest BCUT2D eigenvalue weighted by molar-refractivity contribution is -0.117. The Morgan fingerprint density at radius 1 is 1.06 bits per heavy atom. The fraction of sp³-hybridized carbons (Fsp3) is 0.0800. The molecule has 0 unspecified atom stereocenters. The van der Waals surface area contributed by atoms with Gasteiger partial charge in [0.15, 0.2) is 11.5 Å². The lowest BCUT2D eigenvalue weighted by Crippen LogP contribution is -2.35. The molecule has 0 aromatic heterocycles. The van der Waals surface area contributed by atoms with Gasteiger partial charge in [-0.25, -0.2) is 9.80 Å². The van der Waals surface area contributed by atoms with E-state index < -0.39 is 17.8 Å². The minimum Gasteiger partial charge on any atom is -0.493 e. The molecule has 2 N–H and O–H groups in total. The molecular formula is C25H19BrN2O6. The third-order valence-electron chi connectivity index (χ3n) is 5.08. The number of carbonyl (C=O) groups excluding carboxylic acids is 2. The van der Waals surface area contributed by atoms with Gasteiger partial charge in [-0.1, -0.05) is 46.3 Å². The van der Waals surface area contributed by atoms with Crippen LogP contribution < -0.4 is 19.9 Å². The van der Waals surface area contributed by atoms with E-state index in [1.54, 1.807) is 48.5 Å². The minimum absolute atomic E-state index is 0.0150. The predicted molar refractivity (Wildman–Crippen MR) is 128 cm³/mol. The van der Waals surface area contributed by atoms with Crippen molar-refractivity contribution in [3.63, 3.8) is 0 Å². The first kappa shape index (κ1) is 23.1. The van der Waals surface area contributed by atoms with Crippen LogP contribution in [0.15, 0.2) is 76.8 Å². The van der Waals surface area contributed by atoms with Gasteiger partial charge in [-0.05, 0) is 53.6 Å². The molecule has 8 nitrogen and oxygen atoms in total. The minimum atomic E-state index is -0.996. The molecule has 2 amide bonds. The first-order valence-electron chi connectivity index (χ1n) is 10.1. The average Bonchev–Trinajstić information content (AvgIpc) is 3.13. The number of benzene rings is 3. The van der Waals surface area contributed by atoms with E-state index in [1.165, 1.54) is 30.3 Å². The largest absolute Gasteiger partial charge is 0.493 e. The van der Waals surface area contributed by atoms with Crippen LogP contribution in [0.1, 0.15) is 21.5 Å². The summed E-state index contributed by atoms with van der Waals surface area (Å²) in [7, 11) is 1.49. The summed E-state index contributed by atoms with van der Waals surface area (Å²) >= 11 is 3.47. The highest BCUT2D eigenvalue weighted by Gasteiger charge is 2.34. The number of ether oxygens (including phenoxy) is 2. The summed E-state index contributed by atoms with van der Waals surface area (Å²) in [4.78, 5) is 36.3. The number of hydrazine groups is 1. The maximum Gasteiger partial charge on any atom is 0.335 e. The fourth-order valence-electron chi connectivity index (χ4n) is 3.31. The maximum absolute atomic E-state index is 12.8. The monoisotopic (exact) mass is 522 g/mol. The highest BCUT2D eigenvalue weighted by atomic mass is 79.9. The zero-order chi connectivity index (χ0) is 24.2. The van der Waals surface area contributed by atoms with Crippen molar-refractivity contribution in [2.75, 3.05) is 12.1 Å². The van der Waals surface area contributed by atoms with Gasteiger partial charge in [0.2, 0.25) is 0 Å². The van der Waals surface area contributed by atoms with Gasteiger partial charge in [0.1, 0.15) is 12.2 Å². The number of hydrogen-bond acceptors (Lipinski definition) is 5. The van der Waals surface area contributed by atoms with Gasteiger partial charge in [0.25, 0.3) is 11.8 Å². The van der Waals surface area contributed by atoms with Crippen LogP contribution in [0.2, 0.25) is 0 Å². The molecule has 0 atom stereocenters. The molecule has 4 rings (SSSR count). The van der Waals surface area contributed by atoms with Crippen molar-refractivity contribution in [1.82, 2.24) is 5.43 Å². The molecule has 34 heavy (non-hydrogen) atoms. The third kappa shape index (κ3) is 4.79. The number of nitrogens with one attached hydrogen (secondary N) is 1. The Morgan fingerprint density at radius 2 is 1.76 bits per heavy atom. The number of carboxylic acids is 1. The molecule has 0 saturated carbocycles. The van der Waals surface area contributed by atoms with Crippen LogP contribution in [-0.2, 0) is 16.2 Å². The number of rotatable bonds is 7. The lowest BCUT2D eigenvalue weighted by Gasteiger charge is -2.14. The smallest absolute Gasteiger partial charge is 0.335 e. The molecule has 3 aromatic carbocycles. The summed E-state index contributed by atoms with van der Waals surface area (Å²) in [5, 5.41) is 10.2. The standard InChI is InChI=1S/C25H19BrN2O6/c1-33-21-12-17(11-19-23(29)27-28(24(19)30)18-5-3-2-4-6-18)20(26)13-22(21)34-14-15-7-9-16(10-8-15)25(31)32/h2-13H,14H2,1H3,(H,27,29)(H,31,32)/b19-11-. The van der Waals surface area contributed by atoms with E-state index in [9.17, 15) is 14.4 Å². The van der Waals surface area contributed by atoms with Gasteiger partial charge < -0.3 is 14.6 Å². The molecule has 3 aromatic rings. The Balaban J connectivity index is 1.55. The second-order valence-electron chi connectivity index (χ2n) is 7.29. The topological polar surface area (TPSA) is 105 Å². The van der Waals surface area contributed by atoms with Crippen molar-refractivity contribution in [3.8, 4) is 11.5 Å². The number of aromatic carboxylic acids is 1. The third-order valence-corrected chi connectivity index (χ3v) is 5.77. The molecule has 1 aliphatic rings. The zero-order valence-electron chi connectivity index (χ0n) is 17.9. The van der Waals surface area contributed by atoms with Crippen LogP contribution in [0.25, 0.3) is 6.08 Å². The molecule has 1 heterocycles. The van der Waals surface area contributed by atoms with Crippen LogP contribution in [0.4, 0.5) is 5.69 Å². The Bertz CT molecular complexity index is 1290. The molecule has 1 saturated heterocycles. The number of hydrogen-bond donors (Lipinski definition) is 2. The Morgan fingerprint density at radius 3 is 2.41 bits per heavy atom. The van der Waals surface area contributed by atoms with E-state index in [1.807, 2.05) is 6.07 Å². The van der Waals surface area contributed by atoms with Gasteiger partial charge in [-0.3, -0.25) is 15.0 Å².